The van der Waals surface area contributed by atoms with Crippen molar-refractivity contribution < 1.29 is 19.4 Å². The number of rotatable bonds is 3. The molecule has 0 aromatic heterocycles. The first-order valence-electron chi connectivity index (χ1n) is 4.62. The van der Waals surface area contributed by atoms with E-state index in [1.807, 2.05) is 6.07 Å². The zero-order valence-electron chi connectivity index (χ0n) is 8.98. The van der Waals surface area contributed by atoms with Crippen molar-refractivity contribution in [2.45, 2.75) is 6.92 Å². The van der Waals surface area contributed by atoms with Crippen LogP contribution < -0.4 is 4.74 Å². The molecule has 1 rings (SSSR count). The molecule has 0 saturated carbocycles. The number of phenolic OH excluding ortho intramolecular Hbond substituents is 1. The molecule has 84 valence electrons. The molecule has 0 aliphatic carbocycles. The minimum Gasteiger partial charge on any atom is -0.504 e. The Hall–Kier alpha value is -2.22. The third kappa shape index (κ3) is 2.23. The first-order chi connectivity index (χ1) is 7.63. The topological polar surface area (TPSA) is 79.6 Å². The van der Waals surface area contributed by atoms with Crippen molar-refractivity contribution in [1.29, 1.82) is 5.26 Å². The van der Waals surface area contributed by atoms with E-state index in [-0.39, 0.29) is 29.2 Å². The zero-order chi connectivity index (χ0) is 12.1. The molecule has 0 unspecified atom stereocenters. The van der Waals surface area contributed by atoms with Gasteiger partial charge in [0.15, 0.2) is 11.5 Å². The summed E-state index contributed by atoms with van der Waals surface area (Å²) >= 11 is 0. The van der Waals surface area contributed by atoms with Crippen molar-refractivity contribution in [1.82, 2.24) is 0 Å². The lowest BCUT2D eigenvalue weighted by Gasteiger charge is -2.07. The molecule has 1 aromatic carbocycles. The van der Waals surface area contributed by atoms with Gasteiger partial charge in [0.1, 0.15) is 6.07 Å². The first kappa shape index (κ1) is 11.9. The van der Waals surface area contributed by atoms with Crippen LogP contribution in [0.15, 0.2) is 12.1 Å². The Morgan fingerprint density at radius 1 is 1.56 bits per heavy atom. The summed E-state index contributed by atoms with van der Waals surface area (Å²) in [5.41, 5.74) is 0.135. The Labute approximate surface area is 92.8 Å². The van der Waals surface area contributed by atoms with Gasteiger partial charge in [-0.25, -0.2) is 4.79 Å². The van der Waals surface area contributed by atoms with Crippen LogP contribution in [-0.2, 0) is 4.74 Å². The number of carbonyl (C=O) groups excluding carboxylic acids is 1. The molecule has 0 amide bonds. The highest BCUT2D eigenvalue weighted by Gasteiger charge is 2.16. The van der Waals surface area contributed by atoms with E-state index in [0.717, 1.165) is 6.07 Å². The first-order valence-corrected chi connectivity index (χ1v) is 4.62. The molecule has 1 aromatic rings. The summed E-state index contributed by atoms with van der Waals surface area (Å²) in [6.07, 6.45) is 0. The van der Waals surface area contributed by atoms with E-state index in [1.165, 1.54) is 13.2 Å². The quantitative estimate of drug-likeness (QED) is 0.781. The van der Waals surface area contributed by atoms with E-state index in [1.54, 1.807) is 6.92 Å². The van der Waals surface area contributed by atoms with Gasteiger partial charge in [0.05, 0.1) is 24.8 Å². The minimum absolute atomic E-state index is 0.0302. The number of hydrogen-bond donors (Lipinski definition) is 1. The molecule has 16 heavy (non-hydrogen) atoms. The predicted octanol–water partition coefficient (Wildman–Crippen LogP) is 1.45. The number of phenols is 1. The fourth-order valence-electron chi connectivity index (χ4n) is 1.20. The van der Waals surface area contributed by atoms with Gasteiger partial charge >= 0.3 is 5.97 Å². The highest BCUT2D eigenvalue weighted by Crippen LogP contribution is 2.29. The van der Waals surface area contributed by atoms with Crippen LogP contribution in [0.25, 0.3) is 0 Å². The Bertz CT molecular complexity index is 448. The summed E-state index contributed by atoms with van der Waals surface area (Å²) in [6.45, 7) is 1.86. The van der Waals surface area contributed by atoms with Crippen LogP contribution in [0, 0.1) is 11.3 Å². The van der Waals surface area contributed by atoms with Gasteiger partial charge in [-0.2, -0.15) is 5.26 Å². The molecule has 0 spiro atoms. The zero-order valence-corrected chi connectivity index (χ0v) is 8.98. The minimum atomic E-state index is -0.642. The SMILES string of the molecule is CCOC(=O)c1cc(O)c(OC)cc1C#N. The van der Waals surface area contributed by atoms with Crippen molar-refractivity contribution in [2.75, 3.05) is 13.7 Å². The molecular formula is C11H11NO4. The van der Waals surface area contributed by atoms with Gasteiger partial charge in [0.2, 0.25) is 0 Å². The molecule has 0 aliphatic heterocycles. The van der Waals surface area contributed by atoms with Crippen LogP contribution in [0.1, 0.15) is 22.8 Å². The fourth-order valence-corrected chi connectivity index (χ4v) is 1.20. The number of nitriles is 1. The Kier molecular flexibility index (Phi) is 3.72. The third-order valence-electron chi connectivity index (χ3n) is 1.93. The largest absolute Gasteiger partial charge is 0.504 e. The second-order valence-electron chi connectivity index (χ2n) is 2.90. The molecular weight excluding hydrogens is 210 g/mol. The van der Waals surface area contributed by atoms with Gasteiger partial charge in [-0.05, 0) is 13.0 Å². The average molecular weight is 221 g/mol. The molecule has 0 bridgehead atoms. The maximum Gasteiger partial charge on any atom is 0.339 e. The summed E-state index contributed by atoms with van der Waals surface area (Å²) in [6, 6.07) is 4.30. The lowest BCUT2D eigenvalue weighted by Crippen LogP contribution is -2.07. The van der Waals surface area contributed by atoms with Crippen molar-refractivity contribution in [3.63, 3.8) is 0 Å². The van der Waals surface area contributed by atoms with E-state index < -0.39 is 5.97 Å². The Balaban J connectivity index is 3.24. The van der Waals surface area contributed by atoms with Gasteiger partial charge in [-0.15, -0.1) is 0 Å². The summed E-state index contributed by atoms with van der Waals surface area (Å²) in [5, 5.41) is 18.3. The second kappa shape index (κ2) is 5.03. The van der Waals surface area contributed by atoms with Crippen LogP contribution in [0.3, 0.4) is 0 Å². The maximum absolute atomic E-state index is 11.5. The van der Waals surface area contributed by atoms with Crippen LogP contribution in [0.2, 0.25) is 0 Å². The van der Waals surface area contributed by atoms with Gasteiger partial charge in [-0.1, -0.05) is 0 Å². The number of benzene rings is 1. The van der Waals surface area contributed by atoms with Gasteiger partial charge in [0, 0.05) is 6.07 Å². The number of carbonyl (C=O) groups is 1. The van der Waals surface area contributed by atoms with E-state index in [4.69, 9.17) is 14.7 Å². The van der Waals surface area contributed by atoms with Gasteiger partial charge in [-0.3, -0.25) is 0 Å². The number of ether oxygens (including phenoxy) is 2. The smallest absolute Gasteiger partial charge is 0.339 e. The number of nitrogens with zero attached hydrogens (tertiary/aromatic N) is 1. The van der Waals surface area contributed by atoms with Crippen LogP contribution in [0.5, 0.6) is 11.5 Å². The second-order valence-corrected chi connectivity index (χ2v) is 2.90. The molecule has 0 saturated heterocycles. The highest BCUT2D eigenvalue weighted by molar-refractivity contribution is 5.93. The summed E-state index contributed by atoms with van der Waals surface area (Å²) in [5.74, 6) is -0.703. The van der Waals surface area contributed by atoms with Crippen molar-refractivity contribution in [3.05, 3.63) is 23.3 Å². The highest BCUT2D eigenvalue weighted by atomic mass is 16.5. The van der Waals surface area contributed by atoms with Crippen LogP contribution in [-0.4, -0.2) is 24.8 Å². The molecule has 1 N–H and O–H groups in total. The number of esters is 1. The molecule has 0 fully saturated rings. The van der Waals surface area contributed by atoms with E-state index in [9.17, 15) is 9.90 Å². The lowest BCUT2D eigenvalue weighted by molar-refractivity contribution is 0.0525. The molecule has 5 nitrogen and oxygen atoms in total. The number of methoxy groups -OCH3 is 1. The molecule has 0 aliphatic rings. The van der Waals surface area contributed by atoms with Crippen molar-refractivity contribution in [3.8, 4) is 17.6 Å². The average Bonchev–Trinajstić information content (AvgIpc) is 2.29. The summed E-state index contributed by atoms with van der Waals surface area (Å²) in [4.78, 5) is 11.5. The van der Waals surface area contributed by atoms with Crippen molar-refractivity contribution in [2.24, 2.45) is 0 Å². The van der Waals surface area contributed by atoms with E-state index in [2.05, 4.69) is 0 Å². The monoisotopic (exact) mass is 221 g/mol. The maximum atomic E-state index is 11.5. The third-order valence-corrected chi connectivity index (χ3v) is 1.93. The van der Waals surface area contributed by atoms with E-state index in [0.29, 0.717) is 0 Å². The summed E-state index contributed by atoms with van der Waals surface area (Å²) in [7, 11) is 1.36. The van der Waals surface area contributed by atoms with Crippen LogP contribution >= 0.6 is 0 Å². The molecule has 0 heterocycles. The van der Waals surface area contributed by atoms with Gasteiger partial charge < -0.3 is 14.6 Å². The lowest BCUT2D eigenvalue weighted by atomic mass is 10.1. The molecule has 0 atom stereocenters. The number of hydrogen-bond acceptors (Lipinski definition) is 5. The van der Waals surface area contributed by atoms with Gasteiger partial charge in [0.25, 0.3) is 0 Å². The number of aromatic hydroxyl groups is 1. The molecule has 0 radical (unpaired) electrons. The van der Waals surface area contributed by atoms with Crippen molar-refractivity contribution >= 4 is 5.97 Å². The van der Waals surface area contributed by atoms with Crippen LogP contribution in [0.4, 0.5) is 0 Å². The Morgan fingerprint density at radius 3 is 2.75 bits per heavy atom. The molecule has 5 heteroatoms. The fraction of sp³-hybridized carbons (Fsp3) is 0.273. The Morgan fingerprint density at radius 2 is 2.25 bits per heavy atom. The normalized spacial score (nSPS) is 9.31. The predicted molar refractivity (Wildman–Crippen MR) is 55.3 cm³/mol. The van der Waals surface area contributed by atoms with E-state index >= 15 is 0 Å². The standard InChI is InChI=1S/C11H11NO4/c1-3-16-11(14)8-5-9(13)10(15-2)4-7(8)6-12/h4-5,13H,3H2,1-2H3. The summed E-state index contributed by atoms with van der Waals surface area (Å²) < 4.78 is 9.59.